The predicted octanol–water partition coefficient (Wildman–Crippen LogP) is 2.29. The van der Waals surface area contributed by atoms with E-state index in [-0.39, 0.29) is 41.1 Å². The van der Waals surface area contributed by atoms with E-state index in [4.69, 9.17) is 0 Å². The lowest BCUT2D eigenvalue weighted by molar-refractivity contribution is -0.385. The smallest absolute Gasteiger partial charge is 0.272 e. The molecule has 1 aliphatic heterocycles. The number of hydrogen-bond donors (Lipinski definition) is 2. The van der Waals surface area contributed by atoms with Gasteiger partial charge in [0.05, 0.1) is 4.92 Å². The van der Waals surface area contributed by atoms with Gasteiger partial charge in [0.25, 0.3) is 5.69 Å². The van der Waals surface area contributed by atoms with E-state index in [1.54, 1.807) is 19.1 Å². The molecule has 1 fully saturated rings. The molecular weight excluding hydrogens is 318 g/mol. The third-order valence-corrected chi connectivity index (χ3v) is 4.41. The van der Waals surface area contributed by atoms with Crippen molar-refractivity contribution >= 4 is 18.1 Å². The number of nitrogens with zero attached hydrogens (tertiary/aromatic N) is 2. The number of halogens is 1. The van der Waals surface area contributed by atoms with Crippen LogP contribution in [0.5, 0.6) is 0 Å². The van der Waals surface area contributed by atoms with Crippen LogP contribution in [-0.4, -0.2) is 47.7 Å². The molecule has 0 saturated carbocycles. The quantitative estimate of drug-likeness (QED) is 0.633. The molecule has 130 valence electrons. The molecule has 0 aromatic heterocycles. The molecule has 2 N–H and O–H groups in total. The molecule has 6 nitrogen and oxygen atoms in total. The minimum Gasteiger partial charge on any atom is -0.396 e. The molecule has 1 aromatic rings. The molecule has 1 aromatic carbocycles. The van der Waals surface area contributed by atoms with E-state index in [0.29, 0.717) is 5.56 Å². The van der Waals surface area contributed by atoms with Crippen LogP contribution in [0, 0.1) is 22.5 Å². The molecule has 1 atom stereocenters. The van der Waals surface area contributed by atoms with Gasteiger partial charge in [-0.05, 0) is 12.5 Å². The van der Waals surface area contributed by atoms with Crippen molar-refractivity contribution in [3.05, 3.63) is 39.4 Å². The highest BCUT2D eigenvalue weighted by Crippen LogP contribution is 2.39. The molecule has 0 spiro atoms. The summed E-state index contributed by atoms with van der Waals surface area (Å²) in [6.45, 7) is 9.32. The Kier molecular flexibility index (Phi) is 6.95. The first kappa shape index (κ1) is 19.8. The van der Waals surface area contributed by atoms with Gasteiger partial charge in [-0.25, -0.2) is 0 Å². The van der Waals surface area contributed by atoms with E-state index < -0.39 is 0 Å². The minimum atomic E-state index is -0.375. The zero-order valence-electron chi connectivity index (χ0n) is 13.9. The van der Waals surface area contributed by atoms with Crippen molar-refractivity contribution in [3.63, 3.8) is 0 Å². The maximum absolute atomic E-state index is 11.2. The highest BCUT2D eigenvalue weighted by atomic mass is 35.5. The fourth-order valence-corrected chi connectivity index (χ4v) is 3.18. The highest BCUT2D eigenvalue weighted by molar-refractivity contribution is 5.85. The van der Waals surface area contributed by atoms with Crippen molar-refractivity contribution in [3.8, 4) is 0 Å². The van der Waals surface area contributed by atoms with Crippen LogP contribution in [0.4, 0.5) is 5.69 Å². The van der Waals surface area contributed by atoms with Gasteiger partial charge in [-0.3, -0.25) is 15.0 Å². The van der Waals surface area contributed by atoms with Gasteiger partial charge in [0, 0.05) is 55.9 Å². The zero-order chi connectivity index (χ0) is 16.3. The lowest BCUT2D eigenvalue weighted by Gasteiger charge is -2.43. The standard InChI is InChI=1S/C16H25N3O3.ClH/c1-12-4-5-13(10-14(12)19(21)22)15(16(2,3)11-20)18-8-6-17-7-9-18;/h4-5,10,15,17,20H,6-9,11H2,1-3H3;1H/t15-;/m0./s1. The molecule has 2 rings (SSSR count). The number of nitro groups is 1. The maximum Gasteiger partial charge on any atom is 0.272 e. The summed E-state index contributed by atoms with van der Waals surface area (Å²) in [6.07, 6.45) is 0. The van der Waals surface area contributed by atoms with Crippen LogP contribution in [0.15, 0.2) is 18.2 Å². The fraction of sp³-hybridized carbons (Fsp3) is 0.625. The largest absolute Gasteiger partial charge is 0.396 e. The van der Waals surface area contributed by atoms with Crippen LogP contribution in [0.2, 0.25) is 0 Å². The van der Waals surface area contributed by atoms with Crippen LogP contribution in [-0.2, 0) is 0 Å². The zero-order valence-corrected chi connectivity index (χ0v) is 14.7. The van der Waals surface area contributed by atoms with Gasteiger partial charge in [0.15, 0.2) is 0 Å². The van der Waals surface area contributed by atoms with E-state index in [0.717, 1.165) is 31.7 Å². The number of nitro benzene ring substituents is 1. The first-order valence-corrected chi connectivity index (χ1v) is 7.67. The summed E-state index contributed by atoms with van der Waals surface area (Å²) in [7, 11) is 0. The average Bonchev–Trinajstić information content (AvgIpc) is 2.50. The van der Waals surface area contributed by atoms with Crippen LogP contribution in [0.1, 0.15) is 31.0 Å². The lowest BCUT2D eigenvalue weighted by Crippen LogP contribution is -2.49. The van der Waals surface area contributed by atoms with Gasteiger partial charge >= 0.3 is 0 Å². The monoisotopic (exact) mass is 343 g/mol. The Bertz CT molecular complexity index is 545. The number of piperazine rings is 1. The highest BCUT2D eigenvalue weighted by Gasteiger charge is 2.36. The first-order valence-electron chi connectivity index (χ1n) is 7.67. The molecule has 7 heteroatoms. The van der Waals surface area contributed by atoms with E-state index in [9.17, 15) is 15.2 Å². The fourth-order valence-electron chi connectivity index (χ4n) is 3.18. The van der Waals surface area contributed by atoms with E-state index in [1.165, 1.54) is 0 Å². The SMILES string of the molecule is Cc1ccc([C@H](N2CCNCC2)C(C)(C)CO)cc1[N+](=O)[O-].Cl. The molecule has 0 aliphatic carbocycles. The van der Waals surface area contributed by atoms with Gasteiger partial charge in [0.1, 0.15) is 0 Å². The van der Waals surface area contributed by atoms with Gasteiger partial charge in [-0.15, -0.1) is 12.4 Å². The number of hydrogen-bond acceptors (Lipinski definition) is 5. The van der Waals surface area contributed by atoms with Crippen molar-refractivity contribution < 1.29 is 10.0 Å². The van der Waals surface area contributed by atoms with Gasteiger partial charge in [-0.2, -0.15) is 0 Å². The summed E-state index contributed by atoms with van der Waals surface area (Å²) < 4.78 is 0. The van der Waals surface area contributed by atoms with Gasteiger partial charge in [-0.1, -0.05) is 26.0 Å². The Balaban J connectivity index is 0.00000264. The number of nitrogens with one attached hydrogen (secondary N) is 1. The summed E-state index contributed by atoms with van der Waals surface area (Å²) in [5.74, 6) is 0. The van der Waals surface area contributed by atoms with Crippen molar-refractivity contribution in [2.45, 2.75) is 26.8 Å². The van der Waals surface area contributed by atoms with Crippen molar-refractivity contribution in [2.75, 3.05) is 32.8 Å². The molecular formula is C16H26ClN3O3. The lowest BCUT2D eigenvalue weighted by atomic mass is 9.79. The molecule has 1 saturated heterocycles. The number of benzene rings is 1. The molecule has 23 heavy (non-hydrogen) atoms. The maximum atomic E-state index is 11.2. The Morgan fingerprint density at radius 1 is 1.39 bits per heavy atom. The molecule has 0 bridgehead atoms. The first-order chi connectivity index (χ1) is 10.4. The third-order valence-electron chi connectivity index (χ3n) is 4.41. The van der Waals surface area contributed by atoms with Gasteiger partial charge in [0.2, 0.25) is 0 Å². The second-order valence-electron chi connectivity index (χ2n) is 6.64. The van der Waals surface area contributed by atoms with Gasteiger partial charge < -0.3 is 10.4 Å². The number of aryl methyl sites for hydroxylation is 1. The Labute approximate surface area is 143 Å². The minimum absolute atomic E-state index is 0. The van der Waals surface area contributed by atoms with E-state index >= 15 is 0 Å². The van der Waals surface area contributed by atoms with Crippen LogP contribution >= 0.6 is 12.4 Å². The molecule has 1 aliphatic rings. The second kappa shape index (κ2) is 8.06. The normalized spacial score (nSPS) is 17.4. The summed E-state index contributed by atoms with van der Waals surface area (Å²) in [6, 6.07) is 5.38. The van der Waals surface area contributed by atoms with Crippen molar-refractivity contribution in [2.24, 2.45) is 5.41 Å². The third kappa shape index (κ3) is 4.41. The van der Waals surface area contributed by atoms with Crippen LogP contribution in [0.3, 0.4) is 0 Å². The van der Waals surface area contributed by atoms with E-state index in [1.807, 2.05) is 19.9 Å². The predicted molar refractivity (Wildman–Crippen MR) is 93.1 cm³/mol. The number of aliphatic hydroxyl groups excluding tert-OH is 1. The van der Waals surface area contributed by atoms with Crippen molar-refractivity contribution in [1.82, 2.24) is 10.2 Å². The Morgan fingerprint density at radius 2 is 2.00 bits per heavy atom. The Hall–Kier alpha value is -1.21. The van der Waals surface area contributed by atoms with Crippen LogP contribution in [0.25, 0.3) is 0 Å². The second-order valence-corrected chi connectivity index (χ2v) is 6.64. The number of rotatable bonds is 5. The average molecular weight is 344 g/mol. The van der Waals surface area contributed by atoms with E-state index in [2.05, 4.69) is 10.2 Å². The molecule has 0 radical (unpaired) electrons. The Morgan fingerprint density at radius 3 is 2.52 bits per heavy atom. The summed E-state index contributed by atoms with van der Waals surface area (Å²) >= 11 is 0. The topological polar surface area (TPSA) is 78.6 Å². The summed E-state index contributed by atoms with van der Waals surface area (Å²) in [4.78, 5) is 13.2. The van der Waals surface area contributed by atoms with Crippen LogP contribution < -0.4 is 5.32 Å². The van der Waals surface area contributed by atoms with Crippen molar-refractivity contribution in [1.29, 1.82) is 0 Å². The summed E-state index contributed by atoms with van der Waals surface area (Å²) in [5.41, 5.74) is 1.33. The number of aliphatic hydroxyl groups is 1. The molecule has 0 amide bonds. The molecule has 0 unspecified atom stereocenters. The molecule has 1 heterocycles. The summed E-state index contributed by atoms with van der Waals surface area (Å²) in [5, 5.41) is 24.4.